The molecule has 5 nitrogen and oxygen atoms in total. The normalized spacial score (nSPS) is 21.4. The maximum atomic E-state index is 11.8. The Balaban J connectivity index is 2.22. The molecule has 112 valence electrons. The summed E-state index contributed by atoms with van der Waals surface area (Å²) in [6, 6.07) is 0. The fraction of sp³-hybridized carbons (Fsp3) is 0.929. The van der Waals surface area contributed by atoms with Gasteiger partial charge in [-0.3, -0.25) is 4.79 Å². The van der Waals surface area contributed by atoms with Gasteiger partial charge in [0.15, 0.2) is 0 Å². The van der Waals surface area contributed by atoms with E-state index in [2.05, 4.69) is 24.5 Å². The zero-order chi connectivity index (χ0) is 14.1. The molecule has 5 heteroatoms. The van der Waals surface area contributed by atoms with Crippen molar-refractivity contribution in [3.63, 3.8) is 0 Å². The average molecular weight is 272 g/mol. The molecule has 1 saturated heterocycles. The number of amides is 1. The molecule has 0 saturated carbocycles. The Morgan fingerprint density at radius 1 is 1.53 bits per heavy atom. The molecular weight excluding hydrogens is 244 g/mol. The summed E-state index contributed by atoms with van der Waals surface area (Å²) in [6.07, 6.45) is 2.19. The minimum Gasteiger partial charge on any atom is -0.396 e. The van der Waals surface area contributed by atoms with Crippen molar-refractivity contribution in [1.29, 1.82) is 0 Å². The van der Waals surface area contributed by atoms with Gasteiger partial charge in [0.2, 0.25) is 5.91 Å². The molecule has 1 amide bonds. The lowest BCUT2D eigenvalue weighted by atomic mass is 9.94. The van der Waals surface area contributed by atoms with Crippen molar-refractivity contribution >= 4 is 5.91 Å². The molecule has 0 aromatic carbocycles. The Morgan fingerprint density at radius 3 is 2.89 bits per heavy atom. The van der Waals surface area contributed by atoms with Crippen LogP contribution in [-0.2, 0) is 9.53 Å². The number of ether oxygens (including phenoxy) is 1. The van der Waals surface area contributed by atoms with Crippen molar-refractivity contribution < 1.29 is 14.6 Å². The number of aliphatic hydroxyl groups is 1. The highest BCUT2D eigenvalue weighted by Gasteiger charge is 2.18. The van der Waals surface area contributed by atoms with E-state index < -0.39 is 0 Å². The van der Waals surface area contributed by atoms with Gasteiger partial charge in [-0.25, -0.2) is 0 Å². The van der Waals surface area contributed by atoms with Crippen LogP contribution in [0.3, 0.4) is 0 Å². The topological polar surface area (TPSA) is 70.6 Å². The lowest BCUT2D eigenvalue weighted by Gasteiger charge is -2.24. The first-order chi connectivity index (χ1) is 9.11. The van der Waals surface area contributed by atoms with Crippen molar-refractivity contribution in [2.24, 2.45) is 11.8 Å². The predicted molar refractivity (Wildman–Crippen MR) is 74.9 cm³/mol. The molecule has 19 heavy (non-hydrogen) atoms. The number of hydrogen-bond donors (Lipinski definition) is 3. The van der Waals surface area contributed by atoms with E-state index in [-0.39, 0.29) is 18.6 Å². The Labute approximate surface area is 116 Å². The van der Waals surface area contributed by atoms with Gasteiger partial charge in [-0.1, -0.05) is 13.8 Å². The number of rotatable bonds is 8. The smallest absolute Gasteiger partial charge is 0.222 e. The van der Waals surface area contributed by atoms with Crippen LogP contribution in [0.25, 0.3) is 0 Å². The number of nitrogens with one attached hydrogen (secondary N) is 2. The fourth-order valence-electron chi connectivity index (χ4n) is 2.44. The molecule has 0 spiro atoms. The Hall–Kier alpha value is -0.650. The first-order valence-electron chi connectivity index (χ1n) is 7.31. The standard InChI is InChI=1S/C14H28N2O3/c1-11(2)7-12(3-5-17)9-16-14(18)8-13-10-15-4-6-19-13/h11-13,15,17H,3-10H2,1-2H3,(H,16,18). The lowest BCUT2D eigenvalue weighted by molar-refractivity contribution is -0.124. The second-order valence-corrected chi connectivity index (χ2v) is 5.71. The second kappa shape index (κ2) is 9.28. The third-order valence-electron chi connectivity index (χ3n) is 3.35. The highest BCUT2D eigenvalue weighted by molar-refractivity contribution is 5.76. The van der Waals surface area contributed by atoms with Gasteiger partial charge in [-0.15, -0.1) is 0 Å². The molecule has 2 unspecified atom stereocenters. The molecule has 1 aliphatic rings. The first-order valence-corrected chi connectivity index (χ1v) is 7.31. The summed E-state index contributed by atoms with van der Waals surface area (Å²) in [5.41, 5.74) is 0. The number of hydrogen-bond acceptors (Lipinski definition) is 4. The third-order valence-corrected chi connectivity index (χ3v) is 3.35. The largest absolute Gasteiger partial charge is 0.396 e. The van der Waals surface area contributed by atoms with Crippen LogP contribution in [0.1, 0.15) is 33.1 Å². The quantitative estimate of drug-likeness (QED) is 0.603. The summed E-state index contributed by atoms with van der Waals surface area (Å²) >= 11 is 0. The van der Waals surface area contributed by atoms with Gasteiger partial charge < -0.3 is 20.5 Å². The molecule has 0 bridgehead atoms. The van der Waals surface area contributed by atoms with Crippen LogP contribution in [0.2, 0.25) is 0 Å². The van der Waals surface area contributed by atoms with Crippen molar-refractivity contribution in [3.05, 3.63) is 0 Å². The van der Waals surface area contributed by atoms with Gasteiger partial charge >= 0.3 is 0 Å². The van der Waals surface area contributed by atoms with Crippen LogP contribution in [0.4, 0.5) is 0 Å². The molecule has 3 N–H and O–H groups in total. The molecule has 0 aliphatic carbocycles. The SMILES string of the molecule is CC(C)CC(CCO)CNC(=O)CC1CNCCO1. The highest BCUT2D eigenvalue weighted by Crippen LogP contribution is 2.14. The van der Waals surface area contributed by atoms with Gasteiger partial charge in [0, 0.05) is 26.2 Å². The summed E-state index contributed by atoms with van der Waals surface area (Å²) in [7, 11) is 0. The summed E-state index contributed by atoms with van der Waals surface area (Å²) < 4.78 is 5.50. The molecule has 1 rings (SSSR count). The third kappa shape index (κ3) is 7.50. The van der Waals surface area contributed by atoms with E-state index in [0.717, 1.165) is 25.9 Å². The van der Waals surface area contributed by atoms with Crippen molar-refractivity contribution in [1.82, 2.24) is 10.6 Å². The van der Waals surface area contributed by atoms with Gasteiger partial charge in [0.05, 0.1) is 19.1 Å². The zero-order valence-electron chi connectivity index (χ0n) is 12.2. The van der Waals surface area contributed by atoms with Crippen LogP contribution >= 0.6 is 0 Å². The van der Waals surface area contributed by atoms with Crippen molar-refractivity contribution in [2.75, 3.05) is 32.8 Å². The number of aliphatic hydroxyl groups excluding tert-OH is 1. The Bertz CT molecular complexity index is 253. The highest BCUT2D eigenvalue weighted by atomic mass is 16.5. The number of carbonyl (C=O) groups excluding carboxylic acids is 1. The molecule has 1 fully saturated rings. The van der Waals surface area contributed by atoms with Crippen LogP contribution in [0.5, 0.6) is 0 Å². The number of carbonyl (C=O) groups is 1. The van der Waals surface area contributed by atoms with E-state index >= 15 is 0 Å². The van der Waals surface area contributed by atoms with Gasteiger partial charge in [-0.05, 0) is 24.7 Å². The van der Waals surface area contributed by atoms with Crippen LogP contribution in [0.15, 0.2) is 0 Å². The van der Waals surface area contributed by atoms with E-state index in [1.54, 1.807) is 0 Å². The maximum Gasteiger partial charge on any atom is 0.222 e. The Kier molecular flexibility index (Phi) is 8.02. The molecule has 2 atom stereocenters. The summed E-state index contributed by atoms with van der Waals surface area (Å²) in [6.45, 7) is 7.45. The van der Waals surface area contributed by atoms with E-state index in [1.165, 1.54) is 0 Å². The van der Waals surface area contributed by atoms with Crippen molar-refractivity contribution in [2.45, 2.75) is 39.2 Å². The summed E-state index contributed by atoms with van der Waals surface area (Å²) in [5, 5.41) is 15.2. The fourth-order valence-corrected chi connectivity index (χ4v) is 2.44. The molecule has 0 aromatic heterocycles. The van der Waals surface area contributed by atoms with E-state index in [1.807, 2.05) is 0 Å². The molecule has 0 radical (unpaired) electrons. The van der Waals surface area contributed by atoms with Gasteiger partial charge in [0.1, 0.15) is 0 Å². The zero-order valence-corrected chi connectivity index (χ0v) is 12.2. The summed E-state index contributed by atoms with van der Waals surface area (Å²) in [5.74, 6) is 0.985. The maximum absolute atomic E-state index is 11.8. The molecule has 1 aliphatic heterocycles. The summed E-state index contributed by atoms with van der Waals surface area (Å²) in [4.78, 5) is 11.8. The Morgan fingerprint density at radius 2 is 2.32 bits per heavy atom. The minimum atomic E-state index is -0.00450. The predicted octanol–water partition coefficient (Wildman–Crippen LogP) is 0.526. The van der Waals surface area contributed by atoms with Crippen LogP contribution < -0.4 is 10.6 Å². The average Bonchev–Trinajstić information content (AvgIpc) is 2.37. The van der Waals surface area contributed by atoms with Crippen molar-refractivity contribution in [3.8, 4) is 0 Å². The minimum absolute atomic E-state index is 0.00450. The van der Waals surface area contributed by atoms with Crippen LogP contribution in [0, 0.1) is 11.8 Å². The van der Waals surface area contributed by atoms with Crippen LogP contribution in [-0.4, -0.2) is 50.0 Å². The van der Waals surface area contributed by atoms with E-state index in [4.69, 9.17) is 9.84 Å². The number of morpholine rings is 1. The monoisotopic (exact) mass is 272 g/mol. The molecule has 0 aromatic rings. The first kappa shape index (κ1) is 16.4. The van der Waals surface area contributed by atoms with E-state index in [0.29, 0.717) is 31.4 Å². The van der Waals surface area contributed by atoms with Gasteiger partial charge in [-0.2, -0.15) is 0 Å². The van der Waals surface area contributed by atoms with E-state index in [9.17, 15) is 4.79 Å². The molecule has 1 heterocycles. The molecular formula is C14H28N2O3. The van der Waals surface area contributed by atoms with Gasteiger partial charge in [0.25, 0.3) is 0 Å². The second-order valence-electron chi connectivity index (χ2n) is 5.71. The lowest BCUT2D eigenvalue weighted by Crippen LogP contribution is -2.42.